The number of piperidine rings is 1. The third kappa shape index (κ3) is 2.70. The highest BCUT2D eigenvalue weighted by atomic mass is 19.4. The zero-order valence-corrected chi connectivity index (χ0v) is 9.37. The predicted octanol–water partition coefficient (Wildman–Crippen LogP) is 3.15. The minimum Gasteiger partial charge on any atom is -0.370 e. The van der Waals surface area contributed by atoms with Crippen molar-refractivity contribution in [1.29, 1.82) is 0 Å². The zero-order chi connectivity index (χ0) is 12.5. The smallest absolute Gasteiger partial charge is 0.370 e. The van der Waals surface area contributed by atoms with Crippen molar-refractivity contribution < 1.29 is 13.2 Å². The molecule has 0 N–H and O–H groups in total. The van der Waals surface area contributed by atoms with E-state index in [0.29, 0.717) is 13.1 Å². The first-order valence-electron chi connectivity index (χ1n) is 5.58. The molecule has 17 heavy (non-hydrogen) atoms. The Morgan fingerprint density at radius 2 is 2.18 bits per heavy atom. The monoisotopic (exact) mass is 243 g/mol. The van der Waals surface area contributed by atoms with Gasteiger partial charge in [-0.25, -0.2) is 4.98 Å². The first-order valence-corrected chi connectivity index (χ1v) is 5.58. The van der Waals surface area contributed by atoms with Crippen LogP contribution >= 0.6 is 0 Å². The molecule has 2 nitrogen and oxygen atoms in total. The van der Waals surface area contributed by atoms with E-state index in [1.54, 1.807) is 4.90 Å². The lowest BCUT2D eigenvalue weighted by Gasteiger charge is -2.33. The molecule has 0 aliphatic carbocycles. The Hall–Kier alpha value is -1.26. The van der Waals surface area contributed by atoms with E-state index in [-0.39, 0.29) is 11.6 Å². The molecule has 2 rings (SSSR count). The van der Waals surface area contributed by atoms with Gasteiger partial charge in [0, 0.05) is 19.3 Å². The van der Waals surface area contributed by atoms with Gasteiger partial charge in [0.1, 0.15) is 0 Å². The summed E-state index contributed by atoms with van der Waals surface area (Å²) in [5, 5.41) is 0. The average Bonchev–Trinajstić information content (AvgIpc) is 2.28. The van der Waals surface area contributed by atoms with Gasteiger partial charge in [-0.05, 0) is 37.8 Å². The summed E-state index contributed by atoms with van der Waals surface area (Å²) in [6.45, 7) is 5.13. The number of alkyl halides is 3. The third-order valence-electron chi connectivity index (χ3n) is 2.91. The van der Waals surface area contributed by atoms with E-state index < -0.39 is 11.9 Å². The van der Waals surface area contributed by atoms with Gasteiger partial charge in [0.05, 0.1) is 5.69 Å². The maximum atomic E-state index is 12.8. The van der Waals surface area contributed by atoms with Crippen LogP contribution in [-0.4, -0.2) is 18.1 Å². The maximum absolute atomic E-state index is 12.8. The molecule has 0 saturated carbocycles. The lowest BCUT2D eigenvalue weighted by atomic mass is 9.99. The minimum atomic E-state index is -4.40. The van der Waals surface area contributed by atoms with Gasteiger partial charge in [-0.1, -0.05) is 0 Å². The van der Waals surface area contributed by atoms with Crippen molar-refractivity contribution in [2.24, 2.45) is 5.92 Å². The highest BCUT2D eigenvalue weighted by Gasteiger charge is 2.37. The Bertz CT molecular complexity index is 390. The van der Waals surface area contributed by atoms with Crippen LogP contribution in [-0.2, 0) is 6.18 Å². The first kappa shape index (κ1) is 12.2. The summed E-state index contributed by atoms with van der Waals surface area (Å²) < 4.78 is 38.4. The Labute approximate surface area is 98.5 Å². The van der Waals surface area contributed by atoms with Crippen LogP contribution in [0.15, 0.2) is 18.3 Å². The highest BCUT2D eigenvalue weighted by Crippen LogP contribution is 2.36. The third-order valence-corrected chi connectivity index (χ3v) is 2.91. The molecule has 1 aliphatic heterocycles. The fourth-order valence-corrected chi connectivity index (χ4v) is 2.15. The predicted molar refractivity (Wildman–Crippen MR) is 59.5 cm³/mol. The summed E-state index contributed by atoms with van der Waals surface area (Å²) in [5.41, 5.74) is -0.623. The molecule has 1 aromatic heterocycles. The molecule has 1 radical (unpaired) electrons. The van der Waals surface area contributed by atoms with E-state index in [1.807, 2.05) is 0 Å². The molecule has 93 valence electrons. The van der Waals surface area contributed by atoms with Gasteiger partial charge >= 0.3 is 6.18 Å². The second-order valence-corrected chi connectivity index (χ2v) is 4.32. The van der Waals surface area contributed by atoms with Gasteiger partial charge in [-0.15, -0.1) is 0 Å². The van der Waals surface area contributed by atoms with Crippen LogP contribution < -0.4 is 4.90 Å². The molecule has 5 heteroatoms. The number of aromatic nitrogens is 1. The SMILES string of the molecule is [CH2][C@@H]1CCCN(c2cccnc2C(F)(F)F)C1. The second-order valence-electron chi connectivity index (χ2n) is 4.32. The lowest BCUT2D eigenvalue weighted by Crippen LogP contribution is -2.35. The van der Waals surface area contributed by atoms with Gasteiger partial charge in [0.2, 0.25) is 0 Å². The molecule has 0 bridgehead atoms. The van der Waals surface area contributed by atoms with Gasteiger partial charge in [0.15, 0.2) is 5.69 Å². The molecule has 1 aliphatic rings. The van der Waals surface area contributed by atoms with Crippen molar-refractivity contribution in [3.63, 3.8) is 0 Å². The van der Waals surface area contributed by atoms with E-state index in [2.05, 4.69) is 11.9 Å². The van der Waals surface area contributed by atoms with Gasteiger partial charge in [0.25, 0.3) is 0 Å². The fourth-order valence-electron chi connectivity index (χ4n) is 2.15. The lowest BCUT2D eigenvalue weighted by molar-refractivity contribution is -0.140. The van der Waals surface area contributed by atoms with E-state index in [9.17, 15) is 13.2 Å². The number of hydrogen-bond donors (Lipinski definition) is 0. The van der Waals surface area contributed by atoms with Crippen molar-refractivity contribution in [2.75, 3.05) is 18.0 Å². The van der Waals surface area contributed by atoms with E-state index in [4.69, 9.17) is 0 Å². The quantitative estimate of drug-likeness (QED) is 0.753. The summed E-state index contributed by atoms with van der Waals surface area (Å²) in [6.07, 6.45) is -1.37. The Morgan fingerprint density at radius 1 is 1.41 bits per heavy atom. The summed E-state index contributed by atoms with van der Waals surface area (Å²) in [6, 6.07) is 3.02. The Kier molecular flexibility index (Phi) is 3.26. The number of rotatable bonds is 1. The van der Waals surface area contributed by atoms with Crippen LogP contribution in [0, 0.1) is 12.8 Å². The first-order chi connectivity index (χ1) is 7.98. The Balaban J connectivity index is 2.31. The van der Waals surface area contributed by atoms with Crippen LogP contribution in [0.2, 0.25) is 0 Å². The number of pyridine rings is 1. The van der Waals surface area contributed by atoms with Crippen molar-refractivity contribution in [3.8, 4) is 0 Å². The molecule has 0 amide bonds. The average molecular weight is 243 g/mol. The van der Waals surface area contributed by atoms with Crippen LogP contribution in [0.3, 0.4) is 0 Å². The summed E-state index contributed by atoms with van der Waals surface area (Å²) in [4.78, 5) is 5.20. The molecule has 1 atom stereocenters. The van der Waals surface area contributed by atoms with E-state index >= 15 is 0 Å². The fraction of sp³-hybridized carbons (Fsp3) is 0.500. The van der Waals surface area contributed by atoms with E-state index in [1.165, 1.54) is 18.3 Å². The van der Waals surface area contributed by atoms with Gasteiger partial charge < -0.3 is 4.90 Å². The van der Waals surface area contributed by atoms with Crippen LogP contribution in [0.5, 0.6) is 0 Å². The normalized spacial score (nSPS) is 21.6. The van der Waals surface area contributed by atoms with Crippen LogP contribution in [0.25, 0.3) is 0 Å². The number of halogens is 3. The van der Waals surface area contributed by atoms with Crippen molar-refractivity contribution in [2.45, 2.75) is 19.0 Å². The summed E-state index contributed by atoms with van der Waals surface area (Å²) >= 11 is 0. The summed E-state index contributed by atoms with van der Waals surface area (Å²) in [5.74, 6) is 0.185. The van der Waals surface area contributed by atoms with E-state index in [0.717, 1.165) is 12.8 Å². The highest BCUT2D eigenvalue weighted by molar-refractivity contribution is 5.52. The Morgan fingerprint density at radius 3 is 2.82 bits per heavy atom. The standard InChI is InChI=1S/C12H14F3N2/c1-9-4-3-7-17(8-9)10-5-2-6-16-11(10)12(13,14)15/h2,5-6,9H,1,3-4,7-8H2/t9-/m1/s1. The molecular weight excluding hydrogens is 229 g/mol. The molecule has 0 aromatic carbocycles. The number of hydrogen-bond acceptors (Lipinski definition) is 2. The van der Waals surface area contributed by atoms with Crippen molar-refractivity contribution >= 4 is 5.69 Å². The molecule has 2 heterocycles. The molecule has 0 spiro atoms. The maximum Gasteiger partial charge on any atom is 0.435 e. The van der Waals surface area contributed by atoms with Gasteiger partial charge in [-0.3, -0.25) is 0 Å². The number of anilines is 1. The zero-order valence-electron chi connectivity index (χ0n) is 9.37. The van der Waals surface area contributed by atoms with Crippen LogP contribution in [0.1, 0.15) is 18.5 Å². The molecule has 1 saturated heterocycles. The number of nitrogens with zero attached hydrogens (tertiary/aromatic N) is 2. The van der Waals surface area contributed by atoms with Crippen molar-refractivity contribution in [3.05, 3.63) is 30.9 Å². The minimum absolute atomic E-state index is 0.174. The molecule has 1 fully saturated rings. The van der Waals surface area contributed by atoms with Gasteiger partial charge in [-0.2, -0.15) is 13.2 Å². The molecular formula is C12H14F3N2. The topological polar surface area (TPSA) is 16.1 Å². The van der Waals surface area contributed by atoms with Crippen molar-refractivity contribution in [1.82, 2.24) is 4.98 Å². The van der Waals surface area contributed by atoms with Crippen LogP contribution in [0.4, 0.5) is 18.9 Å². The second kappa shape index (κ2) is 4.55. The molecule has 0 unspecified atom stereocenters. The summed E-state index contributed by atoms with van der Waals surface area (Å²) in [7, 11) is 0. The largest absolute Gasteiger partial charge is 0.435 e. The molecule has 1 aromatic rings.